The molecule has 0 fully saturated rings. The van der Waals surface area contributed by atoms with Crippen LogP contribution >= 0.6 is 0 Å². The molecule has 244 valence electrons. The van der Waals surface area contributed by atoms with Crippen LogP contribution in [0.2, 0.25) is 0 Å². The molecule has 2 heterocycles. The number of carbonyl (C=O) groups excluding carboxylic acids is 2. The molecule has 13 heteroatoms. The molecule has 2 aromatic heterocycles. The summed E-state index contributed by atoms with van der Waals surface area (Å²) in [5.74, 6) is -3.40. The zero-order valence-electron chi connectivity index (χ0n) is 25.2. The van der Waals surface area contributed by atoms with Gasteiger partial charge in [-0.25, -0.2) is 18.2 Å². The molecule has 2 atom stereocenters. The van der Waals surface area contributed by atoms with Gasteiger partial charge in [-0.15, -0.1) is 0 Å². The highest BCUT2D eigenvalue weighted by Gasteiger charge is 2.38. The third-order valence-electron chi connectivity index (χ3n) is 7.83. The van der Waals surface area contributed by atoms with Crippen molar-refractivity contribution < 1.29 is 35.9 Å². The minimum atomic E-state index is -4.75. The lowest BCUT2D eigenvalue weighted by atomic mass is 9.94. The van der Waals surface area contributed by atoms with Crippen LogP contribution in [0.15, 0.2) is 73.2 Å². The molecule has 0 saturated heterocycles. The lowest BCUT2D eigenvalue weighted by Gasteiger charge is -2.26. The summed E-state index contributed by atoms with van der Waals surface area (Å²) in [4.78, 5) is 33.4. The number of hydrogen-bond acceptors (Lipinski definition) is 4. The number of nitrogens with one attached hydrogen (secondary N) is 2. The average Bonchev–Trinajstić information content (AvgIpc) is 3.40. The molecule has 7 nitrogen and oxygen atoms in total. The van der Waals surface area contributed by atoms with Gasteiger partial charge in [0.15, 0.2) is 0 Å². The van der Waals surface area contributed by atoms with Crippen LogP contribution < -0.4 is 10.6 Å². The molecule has 47 heavy (non-hydrogen) atoms. The summed E-state index contributed by atoms with van der Waals surface area (Å²) in [5, 5.41) is 5.06. The molecule has 5 aromatic rings. The van der Waals surface area contributed by atoms with Crippen molar-refractivity contribution in [1.29, 1.82) is 0 Å². The van der Waals surface area contributed by atoms with Crippen molar-refractivity contribution in [3.63, 3.8) is 0 Å². The van der Waals surface area contributed by atoms with E-state index in [1.165, 1.54) is 30.7 Å². The minimum Gasteiger partial charge on any atom is -0.354 e. The van der Waals surface area contributed by atoms with Gasteiger partial charge in [0, 0.05) is 29.9 Å². The number of carbonyl (C=O) groups is 2. The van der Waals surface area contributed by atoms with Crippen molar-refractivity contribution in [3.05, 3.63) is 119 Å². The van der Waals surface area contributed by atoms with E-state index < -0.39 is 48.0 Å². The second-order valence-corrected chi connectivity index (χ2v) is 11.2. The van der Waals surface area contributed by atoms with Crippen LogP contribution in [0.5, 0.6) is 0 Å². The highest BCUT2D eigenvalue weighted by molar-refractivity contribution is 5.85. The maximum absolute atomic E-state index is 14.5. The number of rotatable bonds is 11. The molecule has 0 aliphatic carbocycles. The zero-order valence-corrected chi connectivity index (χ0v) is 25.2. The largest absolute Gasteiger partial charge is 0.391 e. The number of nitrogens with zero attached hydrogens (tertiary/aromatic N) is 3. The Morgan fingerprint density at radius 2 is 1.68 bits per heavy atom. The van der Waals surface area contributed by atoms with Crippen LogP contribution in [0.4, 0.5) is 26.3 Å². The summed E-state index contributed by atoms with van der Waals surface area (Å²) >= 11 is 0. The average molecular weight is 654 g/mol. The Hall–Kier alpha value is -5.20. The second kappa shape index (κ2) is 13.7. The summed E-state index contributed by atoms with van der Waals surface area (Å²) in [5.41, 5.74) is 3.57. The number of pyridine rings is 1. The quantitative estimate of drug-likeness (QED) is 0.119. The molecule has 2 N–H and O–H groups in total. The molecule has 2 unspecified atom stereocenters. The van der Waals surface area contributed by atoms with Crippen molar-refractivity contribution >= 4 is 23.4 Å². The van der Waals surface area contributed by atoms with Crippen molar-refractivity contribution in [2.24, 2.45) is 0 Å². The topological polar surface area (TPSA) is 88.9 Å². The van der Waals surface area contributed by atoms with E-state index in [-0.39, 0.29) is 29.8 Å². The molecular formula is C34H29F6N5O2. The first kappa shape index (κ1) is 33.2. The van der Waals surface area contributed by atoms with Crippen molar-refractivity contribution in [3.8, 4) is 11.1 Å². The number of imidazole rings is 1. The lowest BCUT2D eigenvalue weighted by Crippen LogP contribution is -2.38. The van der Waals surface area contributed by atoms with E-state index in [0.717, 1.165) is 27.8 Å². The minimum absolute atomic E-state index is 0.103. The van der Waals surface area contributed by atoms with Crippen LogP contribution in [0, 0.1) is 31.3 Å². The highest BCUT2D eigenvalue weighted by Crippen LogP contribution is 2.34. The molecule has 0 saturated carbocycles. The van der Waals surface area contributed by atoms with Crippen LogP contribution in [0.25, 0.3) is 22.2 Å². The van der Waals surface area contributed by atoms with E-state index in [4.69, 9.17) is 0 Å². The van der Waals surface area contributed by atoms with E-state index in [1.54, 1.807) is 31.2 Å². The van der Waals surface area contributed by atoms with Crippen LogP contribution in [-0.2, 0) is 22.6 Å². The van der Waals surface area contributed by atoms with E-state index in [0.29, 0.717) is 34.6 Å². The molecular weight excluding hydrogens is 624 g/mol. The Kier molecular flexibility index (Phi) is 9.64. The first-order valence-corrected chi connectivity index (χ1v) is 14.5. The van der Waals surface area contributed by atoms with Crippen molar-refractivity contribution in [2.75, 3.05) is 0 Å². The van der Waals surface area contributed by atoms with Gasteiger partial charge in [0.1, 0.15) is 23.5 Å². The number of halogens is 6. The van der Waals surface area contributed by atoms with Crippen molar-refractivity contribution in [2.45, 2.75) is 51.5 Å². The molecule has 5 rings (SSSR count). The number of hydrogen-bond donors (Lipinski definition) is 2. The third-order valence-corrected chi connectivity index (χ3v) is 7.83. The Morgan fingerprint density at radius 1 is 0.957 bits per heavy atom. The molecule has 0 aliphatic heterocycles. The molecule has 0 spiro atoms. The third kappa shape index (κ3) is 7.79. The van der Waals surface area contributed by atoms with Gasteiger partial charge in [-0.05, 0) is 85.0 Å². The summed E-state index contributed by atoms with van der Waals surface area (Å²) in [6, 6.07) is 10.4. The zero-order chi connectivity index (χ0) is 33.9. The Balaban J connectivity index is 1.60. The summed E-state index contributed by atoms with van der Waals surface area (Å²) in [7, 11) is 0. The first-order chi connectivity index (χ1) is 22.3. The molecule has 0 radical (unpaired) electrons. The molecule has 0 bridgehead atoms. The van der Waals surface area contributed by atoms with Crippen LogP contribution in [-0.4, -0.2) is 33.0 Å². The number of fused-ring (bicyclic) bond motifs is 1. The Labute approximate surface area is 265 Å². The van der Waals surface area contributed by atoms with E-state index in [2.05, 4.69) is 20.6 Å². The van der Waals surface area contributed by atoms with E-state index in [1.807, 2.05) is 6.92 Å². The van der Waals surface area contributed by atoms with Crippen LogP contribution in [0.3, 0.4) is 0 Å². The van der Waals surface area contributed by atoms with Gasteiger partial charge >= 0.3 is 6.18 Å². The maximum Gasteiger partial charge on any atom is 0.391 e. The molecule has 2 amide bonds. The van der Waals surface area contributed by atoms with Gasteiger partial charge < -0.3 is 15.2 Å². The lowest BCUT2D eigenvalue weighted by molar-refractivity contribution is -0.152. The van der Waals surface area contributed by atoms with Gasteiger partial charge in [-0.1, -0.05) is 12.1 Å². The standard InChI is InChI=1S/C34H29F6N5O2/c1-19-8-28-30(9-20(19)2)45(17-43-28)31(15-34(38,39)40)33(47)44-29(12-21-10-24(35)14-25(36)11-21)32-26(4-3-7-42-32)22-5-6-27(37)23(13-22)16-41-18-46/h3-11,13-14,17-18,29,31H,12,15-16H2,1-2H3,(H,41,46)(H,44,47). The van der Waals surface area contributed by atoms with Gasteiger partial charge in [0.2, 0.25) is 12.3 Å². The Morgan fingerprint density at radius 3 is 2.38 bits per heavy atom. The van der Waals surface area contributed by atoms with Crippen molar-refractivity contribution in [1.82, 2.24) is 25.2 Å². The predicted molar refractivity (Wildman–Crippen MR) is 162 cm³/mol. The van der Waals surface area contributed by atoms with Gasteiger partial charge in [-0.3, -0.25) is 14.6 Å². The number of amides is 2. The van der Waals surface area contributed by atoms with Gasteiger partial charge in [0.05, 0.1) is 35.5 Å². The maximum atomic E-state index is 14.5. The predicted octanol–water partition coefficient (Wildman–Crippen LogP) is 6.97. The number of alkyl halides is 3. The normalized spacial score (nSPS) is 12.9. The molecule has 0 aliphatic rings. The summed E-state index contributed by atoms with van der Waals surface area (Å²) < 4.78 is 86.1. The van der Waals surface area contributed by atoms with Crippen LogP contribution in [0.1, 0.15) is 46.5 Å². The molecule has 3 aromatic carbocycles. The first-order valence-electron chi connectivity index (χ1n) is 14.5. The van der Waals surface area contributed by atoms with E-state index in [9.17, 15) is 35.9 Å². The summed E-state index contributed by atoms with van der Waals surface area (Å²) in [6.45, 7) is 3.50. The fourth-order valence-corrected chi connectivity index (χ4v) is 5.48. The van der Waals surface area contributed by atoms with E-state index >= 15 is 0 Å². The second-order valence-electron chi connectivity index (χ2n) is 11.2. The monoisotopic (exact) mass is 653 g/mol. The smallest absolute Gasteiger partial charge is 0.354 e. The number of benzene rings is 3. The summed E-state index contributed by atoms with van der Waals surface area (Å²) in [6.07, 6.45) is -3.56. The Bertz CT molecular complexity index is 1920. The fourth-order valence-electron chi connectivity index (χ4n) is 5.48. The fraction of sp³-hybridized carbons (Fsp3) is 0.235. The van der Waals surface area contributed by atoms with Gasteiger partial charge in [0.25, 0.3) is 0 Å². The SMILES string of the molecule is Cc1cc2ncn(C(CC(F)(F)F)C(=O)NC(Cc3cc(F)cc(F)c3)c3ncccc3-c3ccc(F)c(CNC=O)c3)c2cc1C. The number of aromatic nitrogens is 3. The number of aryl methyl sites for hydroxylation is 2. The van der Waals surface area contributed by atoms with Gasteiger partial charge in [-0.2, -0.15) is 13.2 Å². The highest BCUT2D eigenvalue weighted by atomic mass is 19.4.